The second kappa shape index (κ2) is 5.82. The smallest absolute Gasteiger partial charge is 0.329 e. The molecule has 2 aromatic rings. The molecule has 0 aliphatic carbocycles. The van der Waals surface area contributed by atoms with E-state index >= 15 is 0 Å². The molecule has 23 heavy (non-hydrogen) atoms. The van der Waals surface area contributed by atoms with E-state index in [-0.39, 0.29) is 6.54 Å². The number of fused-ring (bicyclic) bond motifs is 1. The maximum absolute atomic E-state index is 12.3. The molecular formula is C14H22N6O3. The highest BCUT2D eigenvalue weighted by Gasteiger charge is 2.24. The molecule has 9 heteroatoms. The molecule has 1 saturated heterocycles. The number of hydrogen-bond donors (Lipinski definition) is 2. The van der Waals surface area contributed by atoms with Crippen molar-refractivity contribution in [1.82, 2.24) is 24.0 Å². The van der Waals surface area contributed by atoms with Crippen molar-refractivity contribution in [3.05, 3.63) is 20.8 Å². The lowest BCUT2D eigenvalue weighted by Gasteiger charge is -2.33. The van der Waals surface area contributed by atoms with Gasteiger partial charge in [-0.15, -0.1) is 0 Å². The minimum Gasteiger partial charge on any atom is -0.392 e. The van der Waals surface area contributed by atoms with Crippen molar-refractivity contribution in [2.24, 2.45) is 7.05 Å². The Kier molecular flexibility index (Phi) is 3.99. The van der Waals surface area contributed by atoms with Gasteiger partial charge in [-0.2, -0.15) is 4.98 Å². The number of aliphatic hydroxyl groups is 1. The second-order valence-corrected chi connectivity index (χ2v) is 6.15. The first-order chi connectivity index (χ1) is 10.9. The quantitative estimate of drug-likeness (QED) is 0.718. The summed E-state index contributed by atoms with van der Waals surface area (Å²) in [5, 5.41) is 9.81. The van der Waals surface area contributed by atoms with Crippen molar-refractivity contribution < 1.29 is 5.11 Å². The van der Waals surface area contributed by atoms with Gasteiger partial charge in [-0.3, -0.25) is 14.3 Å². The zero-order valence-electron chi connectivity index (χ0n) is 13.6. The minimum absolute atomic E-state index is 0.249. The molecule has 2 N–H and O–H groups in total. The molecule has 0 amide bonds. The SMILES string of the molecule is C[C@H](O)Cn1c(N2CCN(C)CC2)nc2c1c(=O)[nH]c(=O)n2C. The van der Waals surface area contributed by atoms with Crippen LogP contribution in [0.15, 0.2) is 9.59 Å². The van der Waals surface area contributed by atoms with Gasteiger partial charge in [0.25, 0.3) is 5.56 Å². The number of likely N-dealkylation sites (N-methyl/N-ethyl adjacent to an activating group) is 1. The number of imidazole rings is 1. The fourth-order valence-electron chi connectivity index (χ4n) is 2.91. The Hall–Kier alpha value is -2.13. The molecule has 126 valence electrons. The molecule has 2 aromatic heterocycles. The van der Waals surface area contributed by atoms with Gasteiger partial charge in [0.2, 0.25) is 5.95 Å². The van der Waals surface area contributed by atoms with Gasteiger partial charge in [-0.25, -0.2) is 4.79 Å². The Balaban J connectivity index is 2.20. The number of rotatable bonds is 3. The Morgan fingerprint density at radius 2 is 1.87 bits per heavy atom. The fraction of sp³-hybridized carbons (Fsp3) is 0.643. The van der Waals surface area contributed by atoms with Crippen molar-refractivity contribution in [2.45, 2.75) is 19.6 Å². The van der Waals surface area contributed by atoms with Gasteiger partial charge in [-0.1, -0.05) is 0 Å². The fourth-order valence-corrected chi connectivity index (χ4v) is 2.91. The third kappa shape index (κ3) is 2.77. The van der Waals surface area contributed by atoms with Gasteiger partial charge in [0.15, 0.2) is 11.2 Å². The van der Waals surface area contributed by atoms with Crippen LogP contribution in [0.5, 0.6) is 0 Å². The predicted molar refractivity (Wildman–Crippen MR) is 87.0 cm³/mol. The maximum Gasteiger partial charge on any atom is 0.329 e. The molecule has 1 fully saturated rings. The van der Waals surface area contributed by atoms with Gasteiger partial charge in [0.1, 0.15) is 0 Å². The van der Waals surface area contributed by atoms with Gasteiger partial charge < -0.3 is 19.5 Å². The number of nitrogens with zero attached hydrogens (tertiary/aromatic N) is 5. The molecule has 1 atom stereocenters. The van der Waals surface area contributed by atoms with Crippen molar-refractivity contribution in [1.29, 1.82) is 0 Å². The Bertz CT molecular complexity index is 825. The molecule has 9 nitrogen and oxygen atoms in total. The molecule has 0 aromatic carbocycles. The van der Waals surface area contributed by atoms with Crippen LogP contribution in [0.25, 0.3) is 11.2 Å². The summed E-state index contributed by atoms with van der Waals surface area (Å²) in [7, 11) is 3.64. The molecular weight excluding hydrogens is 300 g/mol. The lowest BCUT2D eigenvalue weighted by molar-refractivity contribution is 0.175. The van der Waals surface area contributed by atoms with E-state index in [1.165, 1.54) is 4.57 Å². The van der Waals surface area contributed by atoms with E-state index in [0.29, 0.717) is 17.1 Å². The summed E-state index contributed by atoms with van der Waals surface area (Å²) in [5.41, 5.74) is -0.305. The number of piperazine rings is 1. The summed E-state index contributed by atoms with van der Waals surface area (Å²) in [5.74, 6) is 0.626. The monoisotopic (exact) mass is 322 g/mol. The standard InChI is InChI=1S/C14H22N6O3/c1-9(21)8-20-10-11(18(3)14(23)16-12(10)22)15-13(20)19-6-4-17(2)5-7-19/h9,21H,4-8H2,1-3H3,(H,16,22,23)/t9-/m0/s1. The lowest BCUT2D eigenvalue weighted by Crippen LogP contribution is -2.45. The largest absolute Gasteiger partial charge is 0.392 e. The third-order valence-electron chi connectivity index (χ3n) is 4.22. The number of hydrogen-bond acceptors (Lipinski definition) is 6. The summed E-state index contributed by atoms with van der Waals surface area (Å²) >= 11 is 0. The number of nitrogens with one attached hydrogen (secondary N) is 1. The average Bonchev–Trinajstić information content (AvgIpc) is 2.85. The van der Waals surface area contributed by atoms with Crippen LogP contribution in [-0.4, -0.2) is 68.4 Å². The molecule has 0 spiro atoms. The lowest BCUT2D eigenvalue weighted by atomic mass is 10.3. The molecule has 3 rings (SSSR count). The number of aromatic amines is 1. The first kappa shape index (κ1) is 15.8. The van der Waals surface area contributed by atoms with Crippen LogP contribution in [0.3, 0.4) is 0 Å². The second-order valence-electron chi connectivity index (χ2n) is 6.15. The summed E-state index contributed by atoms with van der Waals surface area (Å²) < 4.78 is 3.04. The molecule has 1 aliphatic heterocycles. The predicted octanol–water partition coefficient (Wildman–Crippen LogP) is -1.44. The number of aromatic nitrogens is 4. The van der Waals surface area contributed by atoms with E-state index in [9.17, 15) is 14.7 Å². The molecule has 0 radical (unpaired) electrons. The third-order valence-corrected chi connectivity index (χ3v) is 4.22. The van der Waals surface area contributed by atoms with Crippen molar-refractivity contribution in [3.63, 3.8) is 0 Å². The Morgan fingerprint density at radius 3 is 2.48 bits per heavy atom. The topological polar surface area (TPSA) is 99.4 Å². The highest BCUT2D eigenvalue weighted by Crippen LogP contribution is 2.21. The van der Waals surface area contributed by atoms with E-state index in [1.54, 1.807) is 18.5 Å². The molecule has 3 heterocycles. The zero-order chi connectivity index (χ0) is 16.7. The van der Waals surface area contributed by atoms with Gasteiger partial charge >= 0.3 is 5.69 Å². The average molecular weight is 322 g/mol. The van der Waals surface area contributed by atoms with Crippen LogP contribution in [-0.2, 0) is 13.6 Å². The first-order valence-electron chi connectivity index (χ1n) is 7.69. The molecule has 1 aliphatic rings. The van der Waals surface area contributed by atoms with Crippen molar-refractivity contribution in [3.8, 4) is 0 Å². The Morgan fingerprint density at radius 1 is 1.22 bits per heavy atom. The van der Waals surface area contributed by atoms with Gasteiger partial charge in [-0.05, 0) is 14.0 Å². The molecule has 0 unspecified atom stereocenters. The number of aliphatic hydroxyl groups excluding tert-OH is 1. The summed E-state index contributed by atoms with van der Waals surface area (Å²) in [6.45, 7) is 5.27. The highest BCUT2D eigenvalue weighted by atomic mass is 16.3. The first-order valence-corrected chi connectivity index (χ1v) is 7.69. The van der Waals surface area contributed by atoms with Crippen LogP contribution in [0.1, 0.15) is 6.92 Å². The van der Waals surface area contributed by atoms with Crippen molar-refractivity contribution in [2.75, 3.05) is 38.1 Å². The van der Waals surface area contributed by atoms with E-state index in [2.05, 4.69) is 26.8 Å². The van der Waals surface area contributed by atoms with Gasteiger partial charge in [0, 0.05) is 33.2 Å². The van der Waals surface area contributed by atoms with Gasteiger partial charge in [0.05, 0.1) is 12.6 Å². The van der Waals surface area contributed by atoms with E-state index < -0.39 is 17.4 Å². The summed E-state index contributed by atoms with van der Waals surface area (Å²) in [6.07, 6.45) is -0.629. The zero-order valence-corrected chi connectivity index (χ0v) is 13.6. The van der Waals surface area contributed by atoms with Crippen LogP contribution in [0.4, 0.5) is 5.95 Å². The molecule has 0 bridgehead atoms. The normalized spacial score (nSPS) is 17.8. The number of H-pyrrole nitrogens is 1. The summed E-state index contributed by atoms with van der Waals surface area (Å²) in [4.78, 5) is 35.2. The summed E-state index contributed by atoms with van der Waals surface area (Å²) in [6, 6.07) is 0. The maximum atomic E-state index is 12.3. The number of aryl methyl sites for hydroxylation is 1. The van der Waals surface area contributed by atoms with E-state index in [4.69, 9.17) is 0 Å². The van der Waals surface area contributed by atoms with Crippen LogP contribution >= 0.6 is 0 Å². The van der Waals surface area contributed by atoms with Crippen LogP contribution < -0.4 is 16.1 Å². The van der Waals surface area contributed by atoms with E-state index in [0.717, 1.165) is 26.2 Å². The minimum atomic E-state index is -0.629. The van der Waals surface area contributed by atoms with E-state index in [1.807, 2.05) is 0 Å². The Labute approximate surface area is 132 Å². The van der Waals surface area contributed by atoms with Crippen molar-refractivity contribution >= 4 is 17.1 Å². The molecule has 0 saturated carbocycles. The van der Waals surface area contributed by atoms with Crippen LogP contribution in [0.2, 0.25) is 0 Å². The highest BCUT2D eigenvalue weighted by molar-refractivity contribution is 5.74. The van der Waals surface area contributed by atoms with Crippen LogP contribution in [0, 0.1) is 0 Å². The number of anilines is 1.